The number of ether oxygens (including phenoxy) is 2. The molecule has 0 saturated carbocycles. The van der Waals surface area contributed by atoms with Crippen LogP contribution in [0.5, 0.6) is 11.5 Å². The highest BCUT2D eigenvalue weighted by Crippen LogP contribution is 2.46. The second kappa shape index (κ2) is 15.5. The predicted molar refractivity (Wildman–Crippen MR) is 223 cm³/mol. The van der Waals surface area contributed by atoms with E-state index >= 15 is 0 Å². The summed E-state index contributed by atoms with van der Waals surface area (Å²) in [7, 11) is -6.91. The Labute approximate surface area is 321 Å². The van der Waals surface area contributed by atoms with Gasteiger partial charge in [0, 0.05) is 18.2 Å². The first kappa shape index (κ1) is 42.6. The molecular formula is C40H64N2O6SSi3. The van der Waals surface area contributed by atoms with Crippen LogP contribution in [0.15, 0.2) is 65.6 Å². The van der Waals surface area contributed by atoms with Crippen LogP contribution < -0.4 is 10.4 Å². The van der Waals surface area contributed by atoms with Crippen LogP contribution >= 0.6 is 12.2 Å². The lowest BCUT2D eigenvalue weighted by molar-refractivity contribution is -0.0510. The summed E-state index contributed by atoms with van der Waals surface area (Å²) in [5.41, 5.74) is 1.45. The van der Waals surface area contributed by atoms with E-state index in [1.165, 1.54) is 0 Å². The highest BCUT2D eigenvalue weighted by molar-refractivity contribution is 7.71. The van der Waals surface area contributed by atoms with Crippen LogP contribution in [0.3, 0.4) is 0 Å². The first-order chi connectivity index (χ1) is 23.7. The molecule has 0 radical (unpaired) electrons. The van der Waals surface area contributed by atoms with Gasteiger partial charge in [0.05, 0.1) is 6.61 Å². The van der Waals surface area contributed by atoms with Gasteiger partial charge in [-0.1, -0.05) is 105 Å². The minimum atomic E-state index is -2.40. The Morgan fingerprint density at radius 3 is 1.85 bits per heavy atom. The van der Waals surface area contributed by atoms with Gasteiger partial charge in [0.15, 0.2) is 31.2 Å². The van der Waals surface area contributed by atoms with Crippen molar-refractivity contribution in [3.63, 3.8) is 0 Å². The average Bonchev–Trinajstić information content (AvgIpc) is 3.31. The fourth-order valence-electron chi connectivity index (χ4n) is 5.28. The highest BCUT2D eigenvalue weighted by atomic mass is 32.1. The van der Waals surface area contributed by atoms with Crippen LogP contribution in [0.25, 0.3) is 0 Å². The summed E-state index contributed by atoms with van der Waals surface area (Å²) < 4.78 is 36.5. The first-order valence-corrected chi connectivity index (χ1v) is 27.7. The van der Waals surface area contributed by atoms with E-state index in [0.29, 0.717) is 17.7 Å². The summed E-state index contributed by atoms with van der Waals surface area (Å²) in [6.45, 7) is 34.0. The van der Waals surface area contributed by atoms with Crippen LogP contribution in [0, 0.1) is 4.64 Å². The van der Waals surface area contributed by atoms with Crippen molar-refractivity contribution >= 4 is 37.2 Å². The predicted octanol–water partition coefficient (Wildman–Crippen LogP) is 11.0. The third kappa shape index (κ3) is 9.92. The molecule has 2 heterocycles. The Balaban J connectivity index is 1.80. The number of hydrogen-bond acceptors (Lipinski definition) is 7. The van der Waals surface area contributed by atoms with Gasteiger partial charge in [-0.05, 0) is 84.2 Å². The number of rotatable bonds is 12. The van der Waals surface area contributed by atoms with E-state index in [2.05, 4.69) is 107 Å². The molecule has 52 heavy (non-hydrogen) atoms. The molecule has 0 unspecified atom stereocenters. The van der Waals surface area contributed by atoms with Crippen LogP contribution in [0.2, 0.25) is 54.4 Å². The Morgan fingerprint density at radius 2 is 1.29 bits per heavy atom. The molecule has 0 spiro atoms. The number of aromatic amines is 1. The maximum Gasteiger partial charge on any atom is 0.328 e. The molecule has 1 aliphatic rings. The van der Waals surface area contributed by atoms with Gasteiger partial charge in [0.25, 0.3) is 0 Å². The summed E-state index contributed by atoms with van der Waals surface area (Å²) in [6, 6.07) is 17.6. The van der Waals surface area contributed by atoms with Crippen molar-refractivity contribution in [1.82, 2.24) is 9.55 Å². The van der Waals surface area contributed by atoms with Crippen LogP contribution in [0.1, 0.15) is 79.7 Å². The quantitative estimate of drug-likeness (QED) is 0.145. The Morgan fingerprint density at radius 1 is 0.750 bits per heavy atom. The van der Waals surface area contributed by atoms with E-state index in [1.54, 1.807) is 4.57 Å². The van der Waals surface area contributed by atoms with Gasteiger partial charge in [0.2, 0.25) is 0 Å². The molecule has 1 fully saturated rings. The average molecular weight is 785 g/mol. The molecule has 0 amide bonds. The molecule has 2 aromatic carbocycles. The molecule has 3 aromatic rings. The number of aromatic nitrogens is 2. The molecule has 1 aliphatic heterocycles. The van der Waals surface area contributed by atoms with Crippen LogP contribution in [-0.4, -0.2) is 59.4 Å². The van der Waals surface area contributed by atoms with E-state index in [1.807, 2.05) is 60.8 Å². The molecule has 12 heteroatoms. The molecule has 8 nitrogen and oxygen atoms in total. The van der Waals surface area contributed by atoms with E-state index < -0.39 is 49.5 Å². The number of benzene rings is 2. The second-order valence-corrected chi connectivity index (χ2v) is 33.6. The van der Waals surface area contributed by atoms with Crippen LogP contribution in [0.4, 0.5) is 0 Å². The number of nitrogens with one attached hydrogen (secondary N) is 1. The summed E-state index contributed by atoms with van der Waals surface area (Å²) >= 11 is 5.75. The molecule has 1 aromatic heterocycles. The van der Waals surface area contributed by atoms with Crippen molar-refractivity contribution in [3.8, 4) is 11.5 Å². The third-order valence-corrected chi connectivity index (χ3v) is 25.6. The Kier molecular flexibility index (Phi) is 12.7. The monoisotopic (exact) mass is 784 g/mol. The fourth-order valence-corrected chi connectivity index (χ4v) is 9.11. The first-order valence-electron chi connectivity index (χ1n) is 18.5. The lowest BCUT2D eigenvalue weighted by atomic mass is 10.1. The van der Waals surface area contributed by atoms with E-state index in [-0.39, 0.29) is 20.8 Å². The normalized spacial score (nSPS) is 20.7. The molecule has 4 atom stereocenters. The third-order valence-electron chi connectivity index (χ3n) is 11.8. The maximum atomic E-state index is 13.9. The highest BCUT2D eigenvalue weighted by Gasteiger charge is 2.55. The number of hydrogen-bond donors (Lipinski definition) is 1. The molecule has 0 aliphatic carbocycles. The van der Waals surface area contributed by atoms with E-state index in [9.17, 15) is 4.79 Å². The largest absolute Gasteiger partial charge is 0.457 e. The van der Waals surface area contributed by atoms with Crippen LogP contribution in [-0.2, 0) is 24.4 Å². The van der Waals surface area contributed by atoms with Crippen molar-refractivity contribution in [3.05, 3.63) is 87.0 Å². The molecular weight excluding hydrogens is 721 g/mol. The Hall–Kier alpha value is -2.17. The van der Waals surface area contributed by atoms with Gasteiger partial charge in [-0.25, -0.2) is 4.79 Å². The van der Waals surface area contributed by atoms with Crippen molar-refractivity contribution in [2.45, 2.75) is 148 Å². The topological polar surface area (TPSA) is 83.9 Å². The second-order valence-electron chi connectivity index (χ2n) is 18.9. The minimum Gasteiger partial charge on any atom is -0.457 e. The SMILES string of the molecule is CC(C)(C)[Si](C)(C)OC[C@H]1O[C@@H](n2cc(Cc3cccc(Oc4ccccc4)c3)c(=S)[nH]c2=O)[C@H](O[Si](C)(C)C(C)(C)C)[C@@H]1O[Si](C)(C)C(C)(C)C. The summed E-state index contributed by atoms with van der Waals surface area (Å²) in [4.78, 5) is 16.9. The molecule has 1 N–H and O–H groups in total. The molecule has 288 valence electrons. The van der Waals surface area contributed by atoms with Crippen molar-refractivity contribution in [1.29, 1.82) is 0 Å². The molecule has 0 bridgehead atoms. The number of para-hydroxylation sites is 1. The van der Waals surface area contributed by atoms with Gasteiger partial charge in [-0.2, -0.15) is 0 Å². The molecule has 4 rings (SSSR count). The Bertz CT molecular complexity index is 1790. The fraction of sp³-hybridized carbons (Fsp3) is 0.600. The minimum absolute atomic E-state index is 0.0152. The standard InChI is InChI=1S/C40H64N2O6SSi3/c1-38(2,3)50(10,11)44-27-32-33(47-51(12,13)39(4,5)6)34(48-52(14,15)40(7,8)9)36(46-32)42-26-29(35(49)41-37(42)43)24-28-20-19-23-31(25-28)45-30-21-17-16-18-22-30/h16-23,25-26,32-34,36H,24,27H2,1-15H3,(H,41,43,49)/t32-,33-,34-,36-/m1/s1. The lowest BCUT2D eigenvalue weighted by Gasteiger charge is -2.44. The van der Waals surface area contributed by atoms with Crippen molar-refractivity contribution in [2.75, 3.05) is 6.61 Å². The van der Waals surface area contributed by atoms with Gasteiger partial charge in [0.1, 0.15) is 34.5 Å². The van der Waals surface area contributed by atoms with Gasteiger partial charge >= 0.3 is 5.69 Å². The smallest absolute Gasteiger partial charge is 0.328 e. The summed E-state index contributed by atoms with van der Waals surface area (Å²) in [5.74, 6) is 1.49. The van der Waals surface area contributed by atoms with E-state index in [0.717, 1.165) is 22.6 Å². The van der Waals surface area contributed by atoms with Gasteiger partial charge < -0.3 is 22.8 Å². The zero-order chi connectivity index (χ0) is 39.1. The maximum absolute atomic E-state index is 13.9. The van der Waals surface area contributed by atoms with Gasteiger partial charge in [-0.3, -0.25) is 9.55 Å². The summed E-state index contributed by atoms with van der Waals surface area (Å²) in [6.07, 6.45) is 0.120. The lowest BCUT2D eigenvalue weighted by Crippen LogP contribution is -2.54. The zero-order valence-electron chi connectivity index (χ0n) is 34.3. The van der Waals surface area contributed by atoms with Crippen molar-refractivity contribution < 1.29 is 22.8 Å². The number of H-pyrrole nitrogens is 1. The molecule has 1 saturated heterocycles. The van der Waals surface area contributed by atoms with Crippen molar-refractivity contribution in [2.24, 2.45) is 0 Å². The van der Waals surface area contributed by atoms with Gasteiger partial charge in [-0.15, -0.1) is 0 Å². The van der Waals surface area contributed by atoms with E-state index in [4.69, 9.17) is 35.0 Å². The summed E-state index contributed by atoms with van der Waals surface area (Å²) in [5, 5.41) is -0.131. The zero-order valence-corrected chi connectivity index (χ0v) is 38.1. The number of nitrogens with zero attached hydrogens (tertiary/aromatic N) is 1.